The van der Waals surface area contributed by atoms with Gasteiger partial charge in [-0.15, -0.1) is 0 Å². The van der Waals surface area contributed by atoms with Gasteiger partial charge in [0.2, 0.25) is 15.9 Å². The third-order valence-corrected chi connectivity index (χ3v) is 5.68. The number of hydrogen-bond acceptors (Lipinski definition) is 5. The van der Waals surface area contributed by atoms with Crippen LogP contribution in [0, 0.1) is 11.6 Å². The van der Waals surface area contributed by atoms with Gasteiger partial charge in [0.05, 0.1) is 6.61 Å². The molecular formula is C14H19F2N3O4S. The van der Waals surface area contributed by atoms with Gasteiger partial charge in [-0.3, -0.25) is 4.79 Å². The molecule has 1 aromatic carbocycles. The normalized spacial score (nSPS) is 17.8. The summed E-state index contributed by atoms with van der Waals surface area (Å²) in [5.74, 6) is -2.64. The topological polar surface area (TPSA) is 92.9 Å². The van der Waals surface area contributed by atoms with E-state index in [1.165, 1.54) is 12.0 Å². The van der Waals surface area contributed by atoms with Gasteiger partial charge in [-0.1, -0.05) is 6.07 Å². The second kappa shape index (κ2) is 7.51. The van der Waals surface area contributed by atoms with Crippen LogP contribution < -0.4 is 5.73 Å². The molecule has 1 aliphatic rings. The molecule has 1 unspecified atom stereocenters. The van der Waals surface area contributed by atoms with Crippen molar-refractivity contribution in [3.05, 3.63) is 29.8 Å². The third-order valence-electron chi connectivity index (χ3n) is 3.73. The van der Waals surface area contributed by atoms with E-state index in [0.717, 1.165) is 22.5 Å². The molecule has 134 valence electrons. The molecule has 2 rings (SSSR count). The molecule has 1 atom stereocenters. The van der Waals surface area contributed by atoms with Gasteiger partial charge in [0.1, 0.15) is 17.7 Å². The summed E-state index contributed by atoms with van der Waals surface area (Å²) in [6.07, 6.45) is 0. The molecule has 24 heavy (non-hydrogen) atoms. The Bertz CT molecular complexity index is 686. The Morgan fingerprint density at radius 1 is 1.25 bits per heavy atom. The van der Waals surface area contributed by atoms with Crippen molar-refractivity contribution in [1.29, 1.82) is 0 Å². The minimum atomic E-state index is -4.31. The van der Waals surface area contributed by atoms with Crippen molar-refractivity contribution >= 4 is 15.9 Å². The molecule has 1 amide bonds. The van der Waals surface area contributed by atoms with Gasteiger partial charge in [0.15, 0.2) is 4.90 Å². The minimum Gasteiger partial charge on any atom is -0.383 e. The molecule has 1 saturated heterocycles. The first-order chi connectivity index (χ1) is 11.3. The lowest BCUT2D eigenvalue weighted by molar-refractivity contribution is -0.134. The molecule has 0 radical (unpaired) electrons. The first kappa shape index (κ1) is 18.7. The maximum Gasteiger partial charge on any atom is 0.249 e. The van der Waals surface area contributed by atoms with Crippen LogP contribution in [0.15, 0.2) is 23.1 Å². The van der Waals surface area contributed by atoms with Crippen LogP contribution in [-0.4, -0.2) is 69.5 Å². The van der Waals surface area contributed by atoms with E-state index in [4.69, 9.17) is 10.5 Å². The van der Waals surface area contributed by atoms with E-state index >= 15 is 0 Å². The summed E-state index contributed by atoms with van der Waals surface area (Å²) in [5.41, 5.74) is 5.66. The smallest absolute Gasteiger partial charge is 0.249 e. The van der Waals surface area contributed by atoms with Crippen molar-refractivity contribution in [2.75, 3.05) is 39.9 Å². The minimum absolute atomic E-state index is 0.0534. The van der Waals surface area contributed by atoms with Gasteiger partial charge in [-0.05, 0) is 12.1 Å². The number of amides is 1. The van der Waals surface area contributed by atoms with E-state index in [2.05, 4.69) is 0 Å². The SMILES string of the molecule is COCC(N)C(=O)N1CCN(S(=O)(=O)c2c(F)cccc2F)CC1. The van der Waals surface area contributed by atoms with E-state index in [1.54, 1.807) is 0 Å². The van der Waals surface area contributed by atoms with Crippen LogP contribution in [0.5, 0.6) is 0 Å². The van der Waals surface area contributed by atoms with Crippen LogP contribution in [0.3, 0.4) is 0 Å². The highest BCUT2D eigenvalue weighted by molar-refractivity contribution is 7.89. The van der Waals surface area contributed by atoms with E-state index in [9.17, 15) is 22.0 Å². The summed E-state index contributed by atoms with van der Waals surface area (Å²) in [4.78, 5) is 12.5. The number of piperazine rings is 1. The Balaban J connectivity index is 2.10. The standard InChI is InChI=1S/C14H19F2N3O4S/c1-23-9-12(17)14(20)18-5-7-19(8-6-18)24(21,22)13-10(15)3-2-4-11(13)16/h2-4,12H,5-9,17H2,1H3. The molecule has 0 bridgehead atoms. The van der Waals surface area contributed by atoms with Crippen LogP contribution in [0.25, 0.3) is 0 Å². The van der Waals surface area contributed by atoms with Crippen molar-refractivity contribution in [2.24, 2.45) is 5.73 Å². The fraction of sp³-hybridized carbons (Fsp3) is 0.500. The first-order valence-corrected chi connectivity index (χ1v) is 8.70. The number of sulfonamides is 1. The Kier molecular flexibility index (Phi) is 5.86. The van der Waals surface area contributed by atoms with Crippen molar-refractivity contribution in [2.45, 2.75) is 10.9 Å². The predicted molar refractivity (Wildman–Crippen MR) is 81.5 cm³/mol. The molecule has 1 heterocycles. The number of hydrogen-bond donors (Lipinski definition) is 1. The fourth-order valence-electron chi connectivity index (χ4n) is 2.49. The van der Waals surface area contributed by atoms with E-state index in [-0.39, 0.29) is 38.7 Å². The second-order valence-corrected chi connectivity index (χ2v) is 7.22. The lowest BCUT2D eigenvalue weighted by Gasteiger charge is -2.35. The van der Waals surface area contributed by atoms with Crippen LogP contribution in [0.4, 0.5) is 8.78 Å². The molecule has 1 aliphatic heterocycles. The second-order valence-electron chi connectivity index (χ2n) is 5.34. The summed E-state index contributed by atoms with van der Waals surface area (Å²) >= 11 is 0. The number of carbonyl (C=O) groups is 1. The molecule has 0 spiro atoms. The highest BCUT2D eigenvalue weighted by atomic mass is 32.2. The summed E-state index contributed by atoms with van der Waals surface area (Å²) in [6, 6.07) is 2.04. The molecule has 7 nitrogen and oxygen atoms in total. The number of carbonyl (C=O) groups excluding carboxylic acids is 1. The van der Waals surface area contributed by atoms with Gasteiger partial charge in [-0.25, -0.2) is 17.2 Å². The zero-order chi connectivity index (χ0) is 17.9. The number of ether oxygens (including phenoxy) is 1. The van der Waals surface area contributed by atoms with Gasteiger partial charge in [0, 0.05) is 33.3 Å². The Labute approximate surface area is 139 Å². The van der Waals surface area contributed by atoms with Crippen molar-refractivity contribution in [3.8, 4) is 0 Å². The molecule has 0 aliphatic carbocycles. The Morgan fingerprint density at radius 3 is 2.29 bits per heavy atom. The van der Waals surface area contributed by atoms with Crippen LogP contribution >= 0.6 is 0 Å². The summed E-state index contributed by atoms with van der Waals surface area (Å²) in [7, 11) is -2.90. The highest BCUT2D eigenvalue weighted by Crippen LogP contribution is 2.23. The van der Waals surface area contributed by atoms with Crippen molar-refractivity contribution < 1.29 is 26.7 Å². The highest BCUT2D eigenvalue weighted by Gasteiger charge is 2.34. The zero-order valence-corrected chi connectivity index (χ0v) is 13.9. The summed E-state index contributed by atoms with van der Waals surface area (Å²) < 4.78 is 58.2. The van der Waals surface area contributed by atoms with Crippen LogP contribution in [0.2, 0.25) is 0 Å². The fourth-order valence-corrected chi connectivity index (χ4v) is 4.02. The number of nitrogens with zero attached hydrogens (tertiary/aromatic N) is 2. The van der Waals surface area contributed by atoms with Crippen LogP contribution in [-0.2, 0) is 19.6 Å². The summed E-state index contributed by atoms with van der Waals surface area (Å²) in [5, 5.41) is 0. The number of benzene rings is 1. The molecule has 1 aromatic rings. The molecule has 1 fully saturated rings. The van der Waals surface area contributed by atoms with E-state index in [1.807, 2.05) is 0 Å². The van der Waals surface area contributed by atoms with Gasteiger partial charge in [-0.2, -0.15) is 4.31 Å². The molecular weight excluding hydrogens is 344 g/mol. The number of halogens is 2. The maximum absolute atomic E-state index is 13.8. The first-order valence-electron chi connectivity index (χ1n) is 7.26. The quantitative estimate of drug-likeness (QED) is 0.780. The Morgan fingerprint density at radius 2 is 1.79 bits per heavy atom. The maximum atomic E-state index is 13.8. The van der Waals surface area contributed by atoms with Crippen molar-refractivity contribution in [1.82, 2.24) is 9.21 Å². The van der Waals surface area contributed by atoms with E-state index < -0.39 is 32.6 Å². The molecule has 2 N–H and O–H groups in total. The lowest BCUT2D eigenvalue weighted by atomic mass is 10.2. The Hall–Kier alpha value is -1.62. The molecule has 0 saturated carbocycles. The largest absolute Gasteiger partial charge is 0.383 e. The van der Waals surface area contributed by atoms with Crippen molar-refractivity contribution in [3.63, 3.8) is 0 Å². The average Bonchev–Trinajstić information content (AvgIpc) is 2.54. The number of nitrogens with two attached hydrogens (primary N) is 1. The van der Waals surface area contributed by atoms with Crippen LogP contribution in [0.1, 0.15) is 0 Å². The predicted octanol–water partition coefficient (Wildman–Crippen LogP) is -0.229. The number of methoxy groups -OCH3 is 1. The average molecular weight is 363 g/mol. The molecule has 10 heteroatoms. The monoisotopic (exact) mass is 363 g/mol. The van der Waals surface area contributed by atoms with E-state index in [0.29, 0.717) is 0 Å². The van der Waals surface area contributed by atoms with Gasteiger partial charge in [0.25, 0.3) is 0 Å². The van der Waals surface area contributed by atoms with Gasteiger partial charge < -0.3 is 15.4 Å². The summed E-state index contributed by atoms with van der Waals surface area (Å²) in [6.45, 7) is 0.0952. The molecule has 0 aromatic heterocycles. The zero-order valence-electron chi connectivity index (χ0n) is 13.1. The van der Waals surface area contributed by atoms with Gasteiger partial charge >= 0.3 is 0 Å². The lowest BCUT2D eigenvalue weighted by Crippen LogP contribution is -2.55. The number of rotatable bonds is 5. The third kappa shape index (κ3) is 3.72.